The van der Waals surface area contributed by atoms with Crippen molar-refractivity contribution in [1.82, 2.24) is 14.5 Å². The lowest BCUT2D eigenvalue weighted by molar-refractivity contribution is -0.186. The average Bonchev–Trinajstić information content (AvgIpc) is 3.27. The average molecular weight is 498 g/mol. The van der Waals surface area contributed by atoms with Gasteiger partial charge in [0.05, 0.1) is 12.6 Å². The lowest BCUT2D eigenvalue weighted by atomic mass is 9.59. The van der Waals surface area contributed by atoms with Gasteiger partial charge in [-0.2, -0.15) is 0 Å². The van der Waals surface area contributed by atoms with Crippen molar-refractivity contribution in [2.24, 2.45) is 5.41 Å². The van der Waals surface area contributed by atoms with E-state index in [4.69, 9.17) is 4.74 Å². The number of methoxy groups -OCH3 is 1. The lowest BCUT2D eigenvalue weighted by Gasteiger charge is -2.54. The van der Waals surface area contributed by atoms with Crippen molar-refractivity contribution in [2.45, 2.75) is 58.0 Å². The van der Waals surface area contributed by atoms with Gasteiger partial charge in [-0.1, -0.05) is 12.1 Å². The number of carboxylic acid groups (broad SMARTS) is 1. The molecule has 7 nitrogen and oxygen atoms in total. The minimum absolute atomic E-state index is 0.104. The summed E-state index contributed by atoms with van der Waals surface area (Å²) in [6.45, 7) is 5.09. The summed E-state index contributed by atoms with van der Waals surface area (Å²) in [6, 6.07) is 7.10. The van der Waals surface area contributed by atoms with E-state index in [1.807, 2.05) is 32.0 Å². The number of likely N-dealkylation sites (tertiary alicyclic amines) is 1. The first kappa shape index (κ1) is 24.4. The first-order valence-electron chi connectivity index (χ1n) is 12.0. The number of aryl methyl sites for hydroxylation is 2. The van der Waals surface area contributed by atoms with Crippen LogP contribution < -0.4 is 0 Å². The normalized spacial score (nSPS) is 20.9. The molecule has 1 aliphatic carbocycles. The molecule has 0 bridgehead atoms. The highest BCUT2D eigenvalue weighted by Crippen LogP contribution is 2.60. The van der Waals surface area contributed by atoms with E-state index in [0.29, 0.717) is 31.4 Å². The predicted molar refractivity (Wildman–Crippen MR) is 129 cm³/mol. The molecule has 1 aliphatic heterocycles. The van der Waals surface area contributed by atoms with E-state index >= 15 is 0 Å². The number of carbonyl (C=O) groups excluding carboxylic acids is 1. The summed E-state index contributed by atoms with van der Waals surface area (Å²) >= 11 is 0. The Kier molecular flexibility index (Phi) is 5.86. The minimum atomic E-state index is -2.61. The van der Waals surface area contributed by atoms with Crippen LogP contribution in [0.25, 0.3) is 10.9 Å². The van der Waals surface area contributed by atoms with Crippen LogP contribution in [-0.2, 0) is 11.3 Å². The Morgan fingerprint density at radius 3 is 2.56 bits per heavy atom. The number of carbonyl (C=O) groups is 2. The van der Waals surface area contributed by atoms with Gasteiger partial charge >= 0.3 is 12.1 Å². The Hall–Kier alpha value is -3.33. The van der Waals surface area contributed by atoms with E-state index in [0.717, 1.165) is 27.6 Å². The van der Waals surface area contributed by atoms with Crippen LogP contribution in [0.2, 0.25) is 0 Å². The fourth-order valence-electron chi connectivity index (χ4n) is 6.23. The van der Waals surface area contributed by atoms with Gasteiger partial charge in [-0.05, 0) is 73.0 Å². The number of rotatable bonds is 4. The number of fused-ring (bicyclic) bond motifs is 1. The number of esters is 1. The van der Waals surface area contributed by atoms with Gasteiger partial charge in [-0.3, -0.25) is 9.47 Å². The van der Waals surface area contributed by atoms with Gasteiger partial charge in [0, 0.05) is 43.2 Å². The number of hydrogen-bond donors (Lipinski definition) is 1. The van der Waals surface area contributed by atoms with Crippen molar-refractivity contribution in [3.8, 4) is 0 Å². The van der Waals surface area contributed by atoms with E-state index in [1.165, 1.54) is 11.7 Å². The molecule has 1 atom stereocenters. The zero-order valence-corrected chi connectivity index (χ0v) is 20.6. The SMILES string of the molecule is COC(=O)c1ccc(C2CC3(CCN2Cc2c(C)cc(C)c4c2ccn4C(=O)O)CC(F)(F)C3)cn1. The summed E-state index contributed by atoms with van der Waals surface area (Å²) in [5.74, 6) is -3.14. The Bertz CT molecular complexity index is 1340. The van der Waals surface area contributed by atoms with E-state index < -0.39 is 23.4 Å². The van der Waals surface area contributed by atoms with Crippen LogP contribution in [0.3, 0.4) is 0 Å². The second-order valence-electron chi connectivity index (χ2n) is 10.3. The molecule has 1 saturated heterocycles. The summed E-state index contributed by atoms with van der Waals surface area (Å²) in [5.41, 5.74) is 4.27. The number of nitrogens with zero attached hydrogens (tertiary/aromatic N) is 3. The molecule has 190 valence electrons. The van der Waals surface area contributed by atoms with Crippen LogP contribution in [0.15, 0.2) is 36.7 Å². The van der Waals surface area contributed by atoms with Crippen LogP contribution in [0.1, 0.15) is 64.5 Å². The van der Waals surface area contributed by atoms with Crippen LogP contribution >= 0.6 is 0 Å². The fraction of sp³-hybridized carbons (Fsp3) is 0.444. The van der Waals surface area contributed by atoms with Crippen molar-refractivity contribution in [3.63, 3.8) is 0 Å². The van der Waals surface area contributed by atoms with Crippen LogP contribution in [0.4, 0.5) is 13.6 Å². The second kappa shape index (κ2) is 8.65. The van der Waals surface area contributed by atoms with Gasteiger partial charge in [-0.15, -0.1) is 0 Å². The maximum atomic E-state index is 13.9. The molecule has 1 spiro atoms. The third-order valence-electron chi connectivity index (χ3n) is 7.89. The van der Waals surface area contributed by atoms with Crippen LogP contribution in [0, 0.1) is 19.3 Å². The first-order chi connectivity index (χ1) is 17.0. The molecule has 1 unspecified atom stereocenters. The number of benzene rings is 1. The molecule has 3 aromatic rings. The van der Waals surface area contributed by atoms with Gasteiger partial charge in [0.15, 0.2) is 0 Å². The molecular weight excluding hydrogens is 468 g/mol. The number of piperidine rings is 1. The molecule has 1 N–H and O–H groups in total. The van der Waals surface area contributed by atoms with Crippen molar-refractivity contribution in [3.05, 3.63) is 64.6 Å². The number of alkyl halides is 2. The molecule has 36 heavy (non-hydrogen) atoms. The molecule has 2 fully saturated rings. The zero-order chi connectivity index (χ0) is 25.8. The number of pyridine rings is 1. The fourth-order valence-corrected chi connectivity index (χ4v) is 6.23. The highest BCUT2D eigenvalue weighted by atomic mass is 19.3. The zero-order valence-electron chi connectivity index (χ0n) is 20.6. The van der Waals surface area contributed by atoms with E-state index in [-0.39, 0.29) is 24.6 Å². The molecule has 0 radical (unpaired) electrons. The van der Waals surface area contributed by atoms with Gasteiger partial charge < -0.3 is 9.84 Å². The van der Waals surface area contributed by atoms with Crippen molar-refractivity contribution in [2.75, 3.05) is 13.7 Å². The van der Waals surface area contributed by atoms with E-state index in [2.05, 4.69) is 9.88 Å². The Balaban J connectivity index is 1.51. The summed E-state index contributed by atoms with van der Waals surface area (Å²) in [6.07, 6.45) is 3.21. The van der Waals surface area contributed by atoms with Crippen molar-refractivity contribution >= 4 is 23.0 Å². The standard InChI is InChI=1S/C27H29F2N3O4/c1-16-10-17(2)23-19(6-8-32(23)25(34)35)20(16)13-31-9-7-26(14-27(28,29)15-26)11-22(31)18-4-5-21(30-12-18)24(33)36-3/h4-6,8,10,12,22H,7,9,11,13-15H2,1-3H3,(H,34,35). The quantitative estimate of drug-likeness (QED) is 0.464. The maximum Gasteiger partial charge on any atom is 0.416 e. The number of halogens is 2. The molecule has 2 aliphatic rings. The van der Waals surface area contributed by atoms with Crippen LogP contribution in [0.5, 0.6) is 0 Å². The molecule has 0 amide bonds. The number of ether oxygens (including phenoxy) is 1. The minimum Gasteiger partial charge on any atom is -0.464 e. The molecule has 5 rings (SSSR count). The van der Waals surface area contributed by atoms with Gasteiger partial charge in [0.1, 0.15) is 5.69 Å². The molecule has 2 aromatic heterocycles. The third-order valence-corrected chi connectivity index (χ3v) is 7.89. The molecule has 1 saturated carbocycles. The van der Waals surface area contributed by atoms with Gasteiger partial charge in [0.25, 0.3) is 0 Å². The van der Waals surface area contributed by atoms with Crippen LogP contribution in [-0.4, -0.2) is 51.2 Å². The number of hydrogen-bond acceptors (Lipinski definition) is 5. The first-order valence-corrected chi connectivity index (χ1v) is 12.0. The Morgan fingerprint density at radius 1 is 1.19 bits per heavy atom. The summed E-state index contributed by atoms with van der Waals surface area (Å²) in [4.78, 5) is 30.2. The van der Waals surface area contributed by atoms with Crippen molar-refractivity contribution < 1.29 is 28.2 Å². The van der Waals surface area contributed by atoms with E-state index in [9.17, 15) is 23.5 Å². The summed E-state index contributed by atoms with van der Waals surface area (Å²) < 4.78 is 33.8. The van der Waals surface area contributed by atoms with Gasteiger partial charge in [0.2, 0.25) is 5.92 Å². The summed E-state index contributed by atoms with van der Waals surface area (Å²) in [5, 5.41) is 10.5. The highest BCUT2D eigenvalue weighted by Gasteiger charge is 2.58. The monoisotopic (exact) mass is 497 g/mol. The lowest BCUT2D eigenvalue weighted by Crippen LogP contribution is -2.53. The van der Waals surface area contributed by atoms with Gasteiger partial charge in [-0.25, -0.2) is 23.4 Å². The third kappa shape index (κ3) is 4.15. The topological polar surface area (TPSA) is 84.7 Å². The largest absolute Gasteiger partial charge is 0.464 e. The Morgan fingerprint density at radius 2 is 1.94 bits per heavy atom. The number of aromatic nitrogens is 2. The molecule has 1 aromatic carbocycles. The van der Waals surface area contributed by atoms with E-state index in [1.54, 1.807) is 18.5 Å². The highest BCUT2D eigenvalue weighted by molar-refractivity contribution is 5.93. The maximum absolute atomic E-state index is 13.9. The predicted octanol–water partition coefficient (Wildman–Crippen LogP) is 5.72. The molecule has 3 heterocycles. The Labute approximate surface area is 207 Å². The summed E-state index contributed by atoms with van der Waals surface area (Å²) in [7, 11) is 1.30. The molecular formula is C27H29F2N3O4. The van der Waals surface area contributed by atoms with Crippen molar-refractivity contribution in [1.29, 1.82) is 0 Å². The smallest absolute Gasteiger partial charge is 0.416 e. The molecule has 9 heteroatoms. The second-order valence-corrected chi connectivity index (χ2v) is 10.3.